The molecular formula is C12H22F3NS. The van der Waals surface area contributed by atoms with Crippen LogP contribution >= 0.6 is 11.8 Å². The van der Waals surface area contributed by atoms with Crippen molar-refractivity contribution in [3.05, 3.63) is 0 Å². The van der Waals surface area contributed by atoms with Crippen molar-refractivity contribution in [2.75, 3.05) is 12.3 Å². The van der Waals surface area contributed by atoms with Gasteiger partial charge in [0.05, 0.1) is 0 Å². The summed E-state index contributed by atoms with van der Waals surface area (Å²) in [7, 11) is 0. The first-order chi connectivity index (χ1) is 8.03. The zero-order valence-corrected chi connectivity index (χ0v) is 11.2. The van der Waals surface area contributed by atoms with Crippen LogP contribution in [0.2, 0.25) is 0 Å². The van der Waals surface area contributed by atoms with Crippen molar-refractivity contribution in [2.45, 2.75) is 57.0 Å². The fraction of sp³-hybridized carbons (Fsp3) is 1.00. The lowest BCUT2D eigenvalue weighted by atomic mass is 9.83. The average Bonchev–Trinajstić information content (AvgIpc) is 2.26. The van der Waals surface area contributed by atoms with E-state index in [9.17, 15) is 13.2 Å². The molecule has 2 unspecified atom stereocenters. The number of halogens is 3. The lowest BCUT2D eigenvalue weighted by Crippen LogP contribution is -2.39. The average molecular weight is 269 g/mol. The van der Waals surface area contributed by atoms with Gasteiger partial charge in [-0.05, 0) is 38.1 Å². The first-order valence-electron chi connectivity index (χ1n) is 6.47. The van der Waals surface area contributed by atoms with Crippen LogP contribution in [0.15, 0.2) is 0 Å². The summed E-state index contributed by atoms with van der Waals surface area (Å²) in [6.45, 7) is 3.10. The number of hydrogen-bond acceptors (Lipinski definition) is 2. The molecule has 0 spiro atoms. The Kier molecular flexibility index (Phi) is 6.70. The van der Waals surface area contributed by atoms with Gasteiger partial charge >= 0.3 is 5.51 Å². The maximum absolute atomic E-state index is 12.1. The Hall–Kier alpha value is 0.100. The first kappa shape index (κ1) is 15.2. The number of alkyl halides is 3. The molecule has 0 aromatic carbocycles. The van der Waals surface area contributed by atoms with E-state index >= 15 is 0 Å². The van der Waals surface area contributed by atoms with Crippen molar-refractivity contribution in [3.63, 3.8) is 0 Å². The second-order valence-electron chi connectivity index (χ2n) is 4.69. The predicted molar refractivity (Wildman–Crippen MR) is 67.2 cm³/mol. The SMILES string of the molecule is CCCNC1CCCCC1CCSC(F)(F)F. The fourth-order valence-electron chi connectivity index (χ4n) is 2.48. The molecule has 0 heterocycles. The van der Waals surface area contributed by atoms with Crippen molar-refractivity contribution in [1.82, 2.24) is 5.32 Å². The second kappa shape index (κ2) is 7.52. The molecule has 0 saturated heterocycles. The summed E-state index contributed by atoms with van der Waals surface area (Å²) >= 11 is 0.125. The van der Waals surface area contributed by atoms with E-state index in [-0.39, 0.29) is 17.5 Å². The van der Waals surface area contributed by atoms with Crippen LogP contribution in [0.25, 0.3) is 0 Å². The topological polar surface area (TPSA) is 12.0 Å². The molecule has 0 radical (unpaired) electrons. The third-order valence-electron chi connectivity index (χ3n) is 3.32. The van der Waals surface area contributed by atoms with Gasteiger partial charge < -0.3 is 5.32 Å². The molecule has 2 atom stereocenters. The summed E-state index contributed by atoms with van der Waals surface area (Å²) in [5.74, 6) is 0.642. The molecule has 5 heteroatoms. The minimum atomic E-state index is -4.07. The molecule has 0 bridgehead atoms. The van der Waals surface area contributed by atoms with Crippen LogP contribution in [0, 0.1) is 5.92 Å². The zero-order valence-electron chi connectivity index (χ0n) is 10.4. The molecule has 0 aromatic heterocycles. The van der Waals surface area contributed by atoms with Crippen molar-refractivity contribution in [3.8, 4) is 0 Å². The fourth-order valence-corrected chi connectivity index (χ4v) is 3.13. The van der Waals surface area contributed by atoms with Crippen molar-refractivity contribution < 1.29 is 13.2 Å². The van der Waals surface area contributed by atoms with Gasteiger partial charge in [-0.3, -0.25) is 0 Å². The van der Waals surface area contributed by atoms with E-state index in [4.69, 9.17) is 0 Å². The summed E-state index contributed by atoms with van der Waals surface area (Å²) in [5, 5.41) is 3.48. The van der Waals surface area contributed by atoms with E-state index in [2.05, 4.69) is 12.2 Å². The highest BCUT2D eigenvalue weighted by Crippen LogP contribution is 2.34. The molecule has 1 nitrogen and oxygen atoms in total. The number of rotatable bonds is 6. The van der Waals surface area contributed by atoms with Gasteiger partial charge in [0.25, 0.3) is 0 Å². The summed E-state index contributed by atoms with van der Waals surface area (Å²) in [4.78, 5) is 0. The van der Waals surface area contributed by atoms with Crippen LogP contribution in [0.4, 0.5) is 13.2 Å². The highest BCUT2D eigenvalue weighted by molar-refractivity contribution is 8.00. The van der Waals surface area contributed by atoms with Gasteiger partial charge in [0.1, 0.15) is 0 Å². The molecule has 0 aromatic rings. The smallest absolute Gasteiger partial charge is 0.314 e. The minimum absolute atomic E-state index is 0.125. The summed E-state index contributed by atoms with van der Waals surface area (Å²) < 4.78 is 36.2. The Labute approximate surface area is 106 Å². The third kappa shape index (κ3) is 6.55. The van der Waals surface area contributed by atoms with E-state index < -0.39 is 5.51 Å². The molecular weight excluding hydrogens is 247 g/mol. The maximum Gasteiger partial charge on any atom is 0.441 e. The van der Waals surface area contributed by atoms with Gasteiger partial charge in [-0.15, -0.1) is 0 Å². The lowest BCUT2D eigenvalue weighted by Gasteiger charge is -2.32. The van der Waals surface area contributed by atoms with E-state index in [0.29, 0.717) is 18.4 Å². The van der Waals surface area contributed by atoms with Crippen molar-refractivity contribution in [1.29, 1.82) is 0 Å². The van der Waals surface area contributed by atoms with E-state index in [1.165, 1.54) is 12.8 Å². The Morgan fingerprint density at radius 1 is 1.24 bits per heavy atom. The van der Waals surface area contributed by atoms with E-state index in [1.807, 2.05) is 0 Å². The summed E-state index contributed by atoms with van der Waals surface area (Å²) in [5.41, 5.74) is -4.07. The molecule has 0 amide bonds. The highest BCUT2D eigenvalue weighted by Gasteiger charge is 2.30. The largest absolute Gasteiger partial charge is 0.441 e. The Balaban J connectivity index is 2.27. The van der Waals surface area contributed by atoms with Crippen molar-refractivity contribution in [2.24, 2.45) is 5.92 Å². The van der Waals surface area contributed by atoms with E-state index in [0.717, 1.165) is 25.8 Å². The molecule has 1 rings (SSSR count). The Morgan fingerprint density at radius 2 is 1.94 bits per heavy atom. The van der Waals surface area contributed by atoms with Crippen molar-refractivity contribution >= 4 is 11.8 Å². The van der Waals surface area contributed by atoms with Crippen LogP contribution in [0.3, 0.4) is 0 Å². The molecule has 102 valence electrons. The minimum Gasteiger partial charge on any atom is -0.314 e. The quantitative estimate of drug-likeness (QED) is 0.776. The van der Waals surface area contributed by atoms with Crippen LogP contribution in [0.5, 0.6) is 0 Å². The van der Waals surface area contributed by atoms with Gasteiger partial charge in [0.2, 0.25) is 0 Å². The zero-order chi connectivity index (χ0) is 12.7. The van der Waals surface area contributed by atoms with E-state index in [1.54, 1.807) is 0 Å². The Morgan fingerprint density at radius 3 is 2.59 bits per heavy atom. The molecule has 0 aliphatic heterocycles. The van der Waals surface area contributed by atoms with Crippen LogP contribution in [-0.4, -0.2) is 23.8 Å². The second-order valence-corrected chi connectivity index (χ2v) is 5.85. The molecule has 1 aliphatic carbocycles. The maximum atomic E-state index is 12.1. The van der Waals surface area contributed by atoms with Gasteiger partial charge in [0, 0.05) is 11.8 Å². The van der Waals surface area contributed by atoms with Crippen LogP contribution in [0.1, 0.15) is 45.4 Å². The molecule has 1 N–H and O–H groups in total. The summed E-state index contributed by atoms with van der Waals surface area (Å²) in [6.07, 6.45) is 6.36. The normalized spacial score (nSPS) is 26.1. The lowest BCUT2D eigenvalue weighted by molar-refractivity contribution is -0.0328. The van der Waals surface area contributed by atoms with Gasteiger partial charge in [0.15, 0.2) is 0 Å². The summed E-state index contributed by atoms with van der Waals surface area (Å²) in [6, 6.07) is 0.442. The van der Waals surface area contributed by atoms with Crippen LogP contribution in [-0.2, 0) is 0 Å². The molecule has 1 fully saturated rings. The van der Waals surface area contributed by atoms with Gasteiger partial charge in [-0.25, -0.2) is 0 Å². The van der Waals surface area contributed by atoms with Gasteiger partial charge in [-0.1, -0.05) is 31.5 Å². The standard InChI is InChI=1S/C12H22F3NS/c1-2-8-16-11-6-4-3-5-10(11)7-9-17-12(13,14)15/h10-11,16H,2-9H2,1H3. The number of nitrogens with one attached hydrogen (secondary N) is 1. The van der Waals surface area contributed by atoms with Crippen LogP contribution < -0.4 is 5.32 Å². The monoisotopic (exact) mass is 269 g/mol. The number of thioether (sulfide) groups is 1. The molecule has 1 aliphatic rings. The Bertz CT molecular complexity index is 208. The predicted octanol–water partition coefficient (Wildman–Crippen LogP) is 4.19. The number of hydrogen-bond donors (Lipinski definition) is 1. The molecule has 1 saturated carbocycles. The van der Waals surface area contributed by atoms with Gasteiger partial charge in [-0.2, -0.15) is 13.2 Å². The first-order valence-corrected chi connectivity index (χ1v) is 7.45. The molecule has 17 heavy (non-hydrogen) atoms. The highest BCUT2D eigenvalue weighted by atomic mass is 32.2. The third-order valence-corrected chi connectivity index (χ3v) is 4.09.